The van der Waals surface area contributed by atoms with E-state index in [-0.39, 0.29) is 0 Å². The molecule has 7 heteroatoms. The molecule has 0 radical (unpaired) electrons. The van der Waals surface area contributed by atoms with Crippen molar-refractivity contribution >= 4 is 35.0 Å². The summed E-state index contributed by atoms with van der Waals surface area (Å²) in [5.74, 6) is 4.19. The number of hydrogen-bond acceptors (Lipinski definition) is 6. The molecule has 1 saturated heterocycles. The maximum absolute atomic E-state index is 5.02. The number of hydrogen-bond donors (Lipinski definition) is 0. The van der Waals surface area contributed by atoms with Gasteiger partial charge >= 0.3 is 0 Å². The lowest BCUT2D eigenvalue weighted by Crippen LogP contribution is -2.34. The molecule has 0 amide bonds. The van der Waals surface area contributed by atoms with Gasteiger partial charge in [0.15, 0.2) is 10.8 Å². The molecule has 1 aliphatic rings. The highest BCUT2D eigenvalue weighted by atomic mass is 32.2. The van der Waals surface area contributed by atoms with Crippen LogP contribution in [-0.4, -0.2) is 50.4 Å². The summed E-state index contributed by atoms with van der Waals surface area (Å²) in [4.78, 5) is 7.41. The van der Waals surface area contributed by atoms with E-state index in [1.54, 1.807) is 11.8 Å². The van der Waals surface area contributed by atoms with Gasteiger partial charge in [-0.3, -0.25) is 4.40 Å². The van der Waals surface area contributed by atoms with Gasteiger partial charge in [0, 0.05) is 24.6 Å². The maximum Gasteiger partial charge on any atom is 0.177 e. The van der Waals surface area contributed by atoms with Gasteiger partial charge in [0.2, 0.25) is 0 Å². The van der Waals surface area contributed by atoms with Crippen LogP contribution >= 0.6 is 23.5 Å². The van der Waals surface area contributed by atoms with E-state index in [2.05, 4.69) is 50.0 Å². The van der Waals surface area contributed by atoms with Crippen LogP contribution in [0.2, 0.25) is 0 Å². The minimum Gasteiger partial charge on any atom is -0.354 e. The first-order valence-corrected chi connectivity index (χ1v) is 10.4. The van der Waals surface area contributed by atoms with Crippen molar-refractivity contribution in [2.24, 2.45) is 0 Å². The molecule has 24 heavy (non-hydrogen) atoms. The topological polar surface area (TPSA) is 46.3 Å². The summed E-state index contributed by atoms with van der Waals surface area (Å²) in [5, 5.41) is 9.75. The average molecular weight is 358 g/mol. The van der Waals surface area contributed by atoms with E-state index in [0.717, 1.165) is 58.2 Å². The Bertz CT molecular complexity index is 856. The van der Waals surface area contributed by atoms with E-state index < -0.39 is 0 Å². The molecule has 1 aromatic carbocycles. The lowest BCUT2D eigenvalue weighted by atomic mass is 10.1. The van der Waals surface area contributed by atoms with E-state index in [1.807, 2.05) is 24.8 Å². The molecule has 4 rings (SSSR count). The van der Waals surface area contributed by atoms with Crippen molar-refractivity contribution in [1.82, 2.24) is 19.6 Å². The van der Waals surface area contributed by atoms with Crippen LogP contribution in [0.25, 0.3) is 16.8 Å². The molecular weight excluding hydrogens is 338 g/mol. The van der Waals surface area contributed by atoms with Gasteiger partial charge in [-0.1, -0.05) is 42.1 Å². The summed E-state index contributed by atoms with van der Waals surface area (Å²) in [6.07, 6.45) is 2.05. The summed E-state index contributed by atoms with van der Waals surface area (Å²) in [6, 6.07) is 10.4. The molecule has 0 saturated carbocycles. The molecule has 1 aliphatic heterocycles. The molecule has 0 atom stereocenters. The summed E-state index contributed by atoms with van der Waals surface area (Å²) in [5.41, 5.74) is 3.12. The molecule has 5 nitrogen and oxygen atoms in total. The molecule has 3 heterocycles. The van der Waals surface area contributed by atoms with Gasteiger partial charge in [0.05, 0.1) is 5.56 Å². The fourth-order valence-electron chi connectivity index (χ4n) is 3.05. The van der Waals surface area contributed by atoms with Crippen molar-refractivity contribution in [2.75, 3.05) is 35.8 Å². The molecule has 3 aromatic rings. The Kier molecular flexibility index (Phi) is 4.37. The molecule has 2 aromatic heterocycles. The van der Waals surface area contributed by atoms with Crippen molar-refractivity contribution in [3.63, 3.8) is 0 Å². The molecule has 0 spiro atoms. The number of aryl methyl sites for hydroxylation is 1. The van der Waals surface area contributed by atoms with Crippen LogP contribution in [0.4, 0.5) is 5.82 Å². The van der Waals surface area contributed by atoms with Crippen molar-refractivity contribution in [3.8, 4) is 11.1 Å². The van der Waals surface area contributed by atoms with Crippen molar-refractivity contribution in [1.29, 1.82) is 0 Å². The first-order chi connectivity index (χ1) is 11.8. The zero-order valence-corrected chi connectivity index (χ0v) is 15.4. The number of nitrogens with zero attached hydrogens (tertiary/aromatic N) is 5. The summed E-state index contributed by atoms with van der Waals surface area (Å²) in [7, 11) is 0. The minimum atomic E-state index is 0.875. The van der Waals surface area contributed by atoms with Gasteiger partial charge in [0.25, 0.3) is 0 Å². The molecule has 0 unspecified atom stereocenters. The van der Waals surface area contributed by atoms with Crippen LogP contribution in [0.15, 0.2) is 35.5 Å². The van der Waals surface area contributed by atoms with E-state index >= 15 is 0 Å². The average Bonchev–Trinajstić information content (AvgIpc) is 3.04. The van der Waals surface area contributed by atoms with Gasteiger partial charge in [0.1, 0.15) is 11.6 Å². The summed E-state index contributed by atoms with van der Waals surface area (Å²) < 4.78 is 2.06. The fourth-order valence-corrected chi connectivity index (χ4v) is 4.54. The molecule has 0 N–H and O–H groups in total. The van der Waals surface area contributed by atoms with Crippen molar-refractivity contribution in [3.05, 3.63) is 36.2 Å². The SMILES string of the molecule is CSc1nc(N2CCSCC2)c(-c2ccccc2)c2nnc(C)n12. The predicted octanol–water partition coefficient (Wildman–Crippen LogP) is 3.37. The highest BCUT2D eigenvalue weighted by Crippen LogP contribution is 2.36. The Morgan fingerprint density at radius 2 is 1.83 bits per heavy atom. The minimum absolute atomic E-state index is 0.875. The summed E-state index contributed by atoms with van der Waals surface area (Å²) in [6.45, 7) is 4.02. The maximum atomic E-state index is 5.02. The number of fused-ring (bicyclic) bond motifs is 1. The Hall–Kier alpha value is -1.73. The van der Waals surface area contributed by atoms with E-state index in [4.69, 9.17) is 4.98 Å². The van der Waals surface area contributed by atoms with Crippen molar-refractivity contribution in [2.45, 2.75) is 12.1 Å². The third-order valence-electron chi connectivity index (χ3n) is 4.22. The van der Waals surface area contributed by atoms with Gasteiger partial charge in [-0.05, 0) is 18.7 Å². The molecular formula is C17H19N5S2. The molecule has 0 aliphatic carbocycles. The lowest BCUT2D eigenvalue weighted by Gasteiger charge is -2.29. The van der Waals surface area contributed by atoms with Crippen LogP contribution in [0, 0.1) is 6.92 Å². The third kappa shape index (κ3) is 2.65. The first-order valence-electron chi connectivity index (χ1n) is 7.97. The zero-order chi connectivity index (χ0) is 16.5. The quantitative estimate of drug-likeness (QED) is 0.529. The smallest absolute Gasteiger partial charge is 0.177 e. The Morgan fingerprint density at radius 3 is 2.54 bits per heavy atom. The third-order valence-corrected chi connectivity index (χ3v) is 5.80. The number of rotatable bonds is 3. The number of benzene rings is 1. The summed E-state index contributed by atoms with van der Waals surface area (Å²) >= 11 is 3.64. The second-order valence-corrected chi connectivity index (χ2v) is 7.67. The van der Waals surface area contributed by atoms with E-state index in [1.165, 1.54) is 0 Å². The van der Waals surface area contributed by atoms with Crippen LogP contribution in [0.3, 0.4) is 0 Å². The zero-order valence-electron chi connectivity index (χ0n) is 13.8. The highest BCUT2D eigenvalue weighted by molar-refractivity contribution is 7.99. The highest BCUT2D eigenvalue weighted by Gasteiger charge is 2.23. The van der Waals surface area contributed by atoms with Gasteiger partial charge < -0.3 is 4.90 Å². The second kappa shape index (κ2) is 6.64. The Labute approximate surface area is 149 Å². The van der Waals surface area contributed by atoms with Gasteiger partial charge in [-0.25, -0.2) is 4.98 Å². The first kappa shape index (κ1) is 15.8. The second-order valence-electron chi connectivity index (χ2n) is 5.67. The fraction of sp³-hybridized carbons (Fsp3) is 0.353. The number of thioether (sulfide) groups is 2. The van der Waals surface area contributed by atoms with Crippen LogP contribution in [-0.2, 0) is 0 Å². The van der Waals surface area contributed by atoms with Gasteiger partial charge in [-0.2, -0.15) is 11.8 Å². The molecule has 1 fully saturated rings. The molecule has 124 valence electrons. The number of aromatic nitrogens is 4. The van der Waals surface area contributed by atoms with Crippen LogP contribution < -0.4 is 4.90 Å². The largest absolute Gasteiger partial charge is 0.354 e. The monoisotopic (exact) mass is 357 g/mol. The standard InChI is InChI=1S/C17H19N5S2/c1-12-19-20-16-14(13-6-4-3-5-7-13)15(18-17(23-2)22(12)16)21-8-10-24-11-9-21/h3-7H,8-11H2,1-2H3. The lowest BCUT2D eigenvalue weighted by molar-refractivity contribution is 0.797. The molecule has 0 bridgehead atoms. The normalized spacial score (nSPS) is 15.2. The van der Waals surface area contributed by atoms with Crippen molar-refractivity contribution < 1.29 is 0 Å². The number of anilines is 1. The van der Waals surface area contributed by atoms with Crippen LogP contribution in [0.1, 0.15) is 5.82 Å². The van der Waals surface area contributed by atoms with E-state index in [9.17, 15) is 0 Å². The Morgan fingerprint density at radius 1 is 1.08 bits per heavy atom. The van der Waals surface area contributed by atoms with Crippen LogP contribution in [0.5, 0.6) is 0 Å². The predicted molar refractivity (Wildman–Crippen MR) is 102 cm³/mol. The van der Waals surface area contributed by atoms with Gasteiger partial charge in [-0.15, -0.1) is 10.2 Å². The Balaban J connectivity index is 2.01. The van der Waals surface area contributed by atoms with E-state index in [0.29, 0.717) is 0 Å².